The maximum Gasteiger partial charge on any atom is 0.127 e. The molecule has 0 aromatic heterocycles. The van der Waals surface area contributed by atoms with Gasteiger partial charge in [-0.3, -0.25) is 4.90 Å². The molecule has 0 bridgehead atoms. The minimum atomic E-state index is -1.15. The Kier molecular flexibility index (Phi) is 6.11. The highest BCUT2D eigenvalue weighted by Crippen LogP contribution is 2.44. The zero-order chi connectivity index (χ0) is 21.3. The Bertz CT molecular complexity index is 924. The van der Waals surface area contributed by atoms with Gasteiger partial charge in [0, 0.05) is 25.2 Å². The van der Waals surface area contributed by atoms with Gasteiger partial charge < -0.3 is 0 Å². The summed E-state index contributed by atoms with van der Waals surface area (Å²) in [4.78, 5) is 2.18. The van der Waals surface area contributed by atoms with Crippen LogP contribution in [0.3, 0.4) is 0 Å². The SMILES string of the molecule is C=C1c2cc(CC)c(CC)cc2CC1CC1(F)CCN(Cc2ccccc2F)CC1. The van der Waals surface area contributed by atoms with E-state index in [2.05, 4.69) is 37.5 Å². The molecule has 2 aromatic carbocycles. The second-order valence-corrected chi connectivity index (χ2v) is 9.13. The van der Waals surface area contributed by atoms with E-state index in [-0.39, 0.29) is 11.7 Å². The number of nitrogens with zero attached hydrogens (tertiary/aromatic N) is 1. The number of piperidine rings is 1. The first kappa shape index (κ1) is 21.2. The first-order chi connectivity index (χ1) is 14.4. The fourth-order valence-electron chi connectivity index (χ4n) is 5.30. The van der Waals surface area contributed by atoms with Crippen LogP contribution in [0.4, 0.5) is 8.78 Å². The Morgan fingerprint density at radius 3 is 2.37 bits per heavy atom. The molecule has 1 heterocycles. The second kappa shape index (κ2) is 8.63. The molecule has 1 nitrogen and oxygen atoms in total. The van der Waals surface area contributed by atoms with Crippen molar-refractivity contribution in [1.82, 2.24) is 4.90 Å². The van der Waals surface area contributed by atoms with Crippen LogP contribution >= 0.6 is 0 Å². The van der Waals surface area contributed by atoms with E-state index >= 15 is 4.39 Å². The predicted molar refractivity (Wildman–Crippen MR) is 121 cm³/mol. The summed E-state index contributed by atoms with van der Waals surface area (Å²) in [6, 6.07) is 11.5. The number of fused-ring (bicyclic) bond motifs is 1. The van der Waals surface area contributed by atoms with Crippen LogP contribution in [0.15, 0.2) is 43.0 Å². The average molecular weight is 410 g/mol. The fourth-order valence-corrected chi connectivity index (χ4v) is 5.30. The lowest BCUT2D eigenvalue weighted by molar-refractivity contribution is 0.0398. The van der Waals surface area contributed by atoms with Crippen LogP contribution in [-0.4, -0.2) is 23.7 Å². The van der Waals surface area contributed by atoms with E-state index in [4.69, 9.17) is 0 Å². The quantitative estimate of drug-likeness (QED) is 0.524. The van der Waals surface area contributed by atoms with Crippen molar-refractivity contribution in [2.45, 2.75) is 64.6 Å². The van der Waals surface area contributed by atoms with Crippen LogP contribution in [0.25, 0.3) is 5.57 Å². The zero-order valence-electron chi connectivity index (χ0n) is 18.3. The Hall–Kier alpha value is -2.00. The number of hydrogen-bond donors (Lipinski definition) is 0. The molecular formula is C27H33F2N. The Morgan fingerprint density at radius 1 is 1.03 bits per heavy atom. The molecule has 1 aliphatic heterocycles. The summed E-state index contributed by atoms with van der Waals surface area (Å²) >= 11 is 0. The molecular weight excluding hydrogens is 376 g/mol. The fraction of sp³-hybridized carbons (Fsp3) is 0.481. The summed E-state index contributed by atoms with van der Waals surface area (Å²) in [5, 5.41) is 0. The van der Waals surface area contributed by atoms with Gasteiger partial charge in [0.15, 0.2) is 0 Å². The van der Waals surface area contributed by atoms with Gasteiger partial charge in [-0.15, -0.1) is 0 Å². The number of likely N-dealkylation sites (tertiary alicyclic amines) is 1. The summed E-state index contributed by atoms with van der Waals surface area (Å²) in [7, 11) is 0. The average Bonchev–Trinajstić information content (AvgIpc) is 3.04. The number of alkyl halides is 1. The van der Waals surface area contributed by atoms with Crippen molar-refractivity contribution in [2.75, 3.05) is 13.1 Å². The molecule has 1 aliphatic carbocycles. The molecule has 4 rings (SSSR count). The summed E-state index contributed by atoms with van der Waals surface area (Å²) in [6.45, 7) is 10.7. The molecule has 0 spiro atoms. The molecule has 0 amide bonds. The normalized spacial score (nSPS) is 21.1. The van der Waals surface area contributed by atoms with Crippen LogP contribution in [-0.2, 0) is 25.8 Å². The first-order valence-corrected chi connectivity index (χ1v) is 11.4. The van der Waals surface area contributed by atoms with E-state index in [9.17, 15) is 4.39 Å². The molecule has 0 saturated carbocycles. The number of benzene rings is 2. The van der Waals surface area contributed by atoms with Crippen LogP contribution < -0.4 is 0 Å². The van der Waals surface area contributed by atoms with Crippen molar-refractivity contribution in [3.63, 3.8) is 0 Å². The van der Waals surface area contributed by atoms with E-state index < -0.39 is 5.67 Å². The lowest BCUT2D eigenvalue weighted by Gasteiger charge is -2.38. The van der Waals surface area contributed by atoms with Crippen LogP contribution in [0.5, 0.6) is 0 Å². The first-order valence-electron chi connectivity index (χ1n) is 11.4. The maximum absolute atomic E-state index is 15.8. The largest absolute Gasteiger partial charge is 0.299 e. The Labute approximate surface area is 179 Å². The third-order valence-electron chi connectivity index (χ3n) is 7.21. The van der Waals surface area contributed by atoms with Gasteiger partial charge in [-0.25, -0.2) is 8.78 Å². The van der Waals surface area contributed by atoms with Gasteiger partial charge in [-0.2, -0.15) is 0 Å². The minimum Gasteiger partial charge on any atom is -0.299 e. The van der Waals surface area contributed by atoms with Gasteiger partial charge in [-0.05, 0) is 78.3 Å². The summed E-state index contributed by atoms with van der Waals surface area (Å²) < 4.78 is 29.7. The highest BCUT2D eigenvalue weighted by Gasteiger charge is 2.39. The molecule has 2 aromatic rings. The summed E-state index contributed by atoms with van der Waals surface area (Å²) in [6.07, 6.45) is 4.56. The molecule has 160 valence electrons. The van der Waals surface area contributed by atoms with Crippen molar-refractivity contribution < 1.29 is 8.78 Å². The third kappa shape index (κ3) is 4.23. The molecule has 0 radical (unpaired) electrons. The van der Waals surface area contributed by atoms with E-state index in [0.717, 1.165) is 24.8 Å². The summed E-state index contributed by atoms with van der Waals surface area (Å²) in [5.74, 6) is 0.0208. The topological polar surface area (TPSA) is 3.24 Å². The third-order valence-corrected chi connectivity index (χ3v) is 7.21. The van der Waals surface area contributed by atoms with Gasteiger partial charge in [0.05, 0.1) is 0 Å². The van der Waals surface area contributed by atoms with Crippen LogP contribution in [0.1, 0.15) is 60.9 Å². The minimum absolute atomic E-state index is 0.174. The van der Waals surface area contributed by atoms with Crippen molar-refractivity contribution in [2.24, 2.45) is 5.92 Å². The molecule has 1 saturated heterocycles. The molecule has 1 atom stereocenters. The second-order valence-electron chi connectivity index (χ2n) is 9.13. The van der Waals surface area contributed by atoms with Crippen LogP contribution in [0, 0.1) is 11.7 Å². The molecule has 3 heteroatoms. The molecule has 1 fully saturated rings. The van der Waals surface area contributed by atoms with Crippen molar-refractivity contribution in [3.05, 3.63) is 76.6 Å². The van der Waals surface area contributed by atoms with Gasteiger partial charge in [0.1, 0.15) is 11.5 Å². The maximum atomic E-state index is 15.8. The van der Waals surface area contributed by atoms with Crippen molar-refractivity contribution in [1.29, 1.82) is 0 Å². The van der Waals surface area contributed by atoms with Crippen molar-refractivity contribution >= 4 is 5.57 Å². The van der Waals surface area contributed by atoms with Gasteiger partial charge >= 0.3 is 0 Å². The Balaban J connectivity index is 1.39. The van der Waals surface area contributed by atoms with E-state index in [1.54, 1.807) is 6.07 Å². The smallest absolute Gasteiger partial charge is 0.127 e. The number of rotatable bonds is 6. The monoisotopic (exact) mass is 409 g/mol. The number of halogens is 2. The highest BCUT2D eigenvalue weighted by atomic mass is 19.1. The van der Waals surface area contributed by atoms with Crippen LogP contribution in [0.2, 0.25) is 0 Å². The van der Waals surface area contributed by atoms with Gasteiger partial charge in [0.2, 0.25) is 0 Å². The van der Waals surface area contributed by atoms with Crippen molar-refractivity contribution in [3.8, 4) is 0 Å². The number of aryl methyl sites for hydroxylation is 2. The molecule has 1 unspecified atom stereocenters. The number of hydrogen-bond acceptors (Lipinski definition) is 1. The zero-order valence-corrected chi connectivity index (χ0v) is 18.3. The standard InChI is InChI=1S/C27H33F2N/c1-4-20-14-23-15-24(19(3)25(23)16-21(20)5-2)17-27(29)10-12-30(13-11-27)18-22-8-6-7-9-26(22)28/h6-9,14,16,24H,3-5,10-13,15,17-18H2,1-2H3. The lowest BCUT2D eigenvalue weighted by atomic mass is 9.82. The van der Waals surface area contributed by atoms with Gasteiger partial charge in [0.25, 0.3) is 0 Å². The molecule has 30 heavy (non-hydrogen) atoms. The molecule has 2 aliphatic rings. The van der Waals surface area contributed by atoms with E-state index in [0.29, 0.717) is 44.5 Å². The predicted octanol–water partition coefficient (Wildman–Crippen LogP) is 6.53. The molecule has 0 N–H and O–H groups in total. The van der Waals surface area contributed by atoms with Gasteiger partial charge in [-0.1, -0.05) is 50.8 Å². The van der Waals surface area contributed by atoms with E-state index in [1.807, 2.05) is 12.1 Å². The lowest BCUT2D eigenvalue weighted by Crippen LogP contribution is -2.42. The number of allylic oxidation sites excluding steroid dienone is 1. The van der Waals surface area contributed by atoms with E-state index in [1.165, 1.54) is 28.3 Å². The Morgan fingerprint density at radius 2 is 1.70 bits per heavy atom. The summed E-state index contributed by atoms with van der Waals surface area (Å²) in [5.41, 5.74) is 6.09. The highest BCUT2D eigenvalue weighted by molar-refractivity contribution is 5.74.